The molecule has 0 amide bonds. The van der Waals surface area contributed by atoms with Crippen molar-refractivity contribution in [2.75, 3.05) is 45.8 Å². The van der Waals surface area contributed by atoms with Crippen LogP contribution in [0.1, 0.15) is 40.0 Å². The van der Waals surface area contributed by atoms with Gasteiger partial charge in [-0.05, 0) is 44.1 Å². The molecule has 1 fully saturated rings. The fraction of sp³-hybridized carbons (Fsp3) is 0.391. The number of esters is 1. The average Bonchev–Trinajstić information content (AvgIpc) is 2.79. The van der Waals surface area contributed by atoms with Crippen LogP contribution in [0.3, 0.4) is 0 Å². The van der Waals surface area contributed by atoms with Crippen LogP contribution in [0.2, 0.25) is 0 Å². The summed E-state index contributed by atoms with van der Waals surface area (Å²) < 4.78 is 16.2. The van der Waals surface area contributed by atoms with Crippen molar-refractivity contribution in [3.8, 4) is 11.5 Å². The van der Waals surface area contributed by atoms with Gasteiger partial charge in [-0.1, -0.05) is 18.6 Å². The first-order valence-electron chi connectivity index (χ1n) is 10.1. The topological polar surface area (TPSA) is 77.1 Å². The zero-order valence-corrected chi connectivity index (χ0v) is 17.5. The molecule has 0 unspecified atom stereocenters. The van der Waals surface area contributed by atoms with E-state index < -0.39 is 5.97 Å². The fourth-order valence-corrected chi connectivity index (χ4v) is 3.59. The molecule has 0 atom stereocenters. The Kier molecular flexibility index (Phi) is 7.68. The number of carbonyl (C=O) groups is 2. The lowest BCUT2D eigenvalue weighted by Crippen LogP contribution is -2.33. The minimum Gasteiger partial charge on any atom is -0.494 e. The van der Waals surface area contributed by atoms with Gasteiger partial charge in [0, 0.05) is 18.2 Å². The molecule has 1 aliphatic heterocycles. The molecule has 1 aliphatic rings. The maximum Gasteiger partial charge on any atom is 0.340 e. The van der Waals surface area contributed by atoms with Gasteiger partial charge < -0.3 is 19.5 Å². The van der Waals surface area contributed by atoms with Crippen molar-refractivity contribution in [1.29, 1.82) is 0 Å². The van der Waals surface area contributed by atoms with E-state index in [1.165, 1.54) is 26.4 Å². The van der Waals surface area contributed by atoms with Gasteiger partial charge in [0.25, 0.3) is 0 Å². The summed E-state index contributed by atoms with van der Waals surface area (Å²) in [5.74, 6) is 0.693. The van der Waals surface area contributed by atoms with Crippen LogP contribution in [0.15, 0.2) is 36.4 Å². The standard InChI is InChI=1S/C23H28N2O5/c1-28-21-15-18(30-14-13-25-11-4-3-5-12-25)9-10-19(21)24-20-8-6-7-17(16-26)22(20)23(27)29-2/h6-10,15-16,24H,3-5,11-14H2,1-2H3. The van der Waals surface area contributed by atoms with E-state index in [2.05, 4.69) is 10.2 Å². The highest BCUT2D eigenvalue weighted by Crippen LogP contribution is 2.33. The number of nitrogens with one attached hydrogen (secondary N) is 1. The number of rotatable bonds is 9. The molecular weight excluding hydrogens is 384 g/mol. The quantitative estimate of drug-likeness (QED) is 0.494. The van der Waals surface area contributed by atoms with Crippen LogP contribution in [0.4, 0.5) is 11.4 Å². The van der Waals surface area contributed by atoms with Gasteiger partial charge in [-0.25, -0.2) is 4.79 Å². The molecule has 1 heterocycles. The third-order valence-electron chi connectivity index (χ3n) is 5.18. The molecule has 0 radical (unpaired) electrons. The molecule has 2 aromatic rings. The van der Waals surface area contributed by atoms with Crippen molar-refractivity contribution in [3.63, 3.8) is 0 Å². The summed E-state index contributed by atoms with van der Waals surface area (Å²) in [7, 11) is 2.85. The molecule has 0 bridgehead atoms. The summed E-state index contributed by atoms with van der Waals surface area (Å²) >= 11 is 0. The fourth-order valence-electron chi connectivity index (χ4n) is 3.59. The molecule has 0 aliphatic carbocycles. The lowest BCUT2D eigenvalue weighted by Gasteiger charge is -2.26. The Labute approximate surface area is 176 Å². The van der Waals surface area contributed by atoms with E-state index in [4.69, 9.17) is 14.2 Å². The van der Waals surface area contributed by atoms with Gasteiger partial charge in [-0.3, -0.25) is 9.69 Å². The van der Waals surface area contributed by atoms with Crippen LogP contribution < -0.4 is 14.8 Å². The zero-order valence-electron chi connectivity index (χ0n) is 17.5. The molecule has 1 saturated heterocycles. The van der Waals surface area contributed by atoms with E-state index >= 15 is 0 Å². The molecule has 3 rings (SSSR count). The van der Waals surface area contributed by atoms with E-state index in [1.807, 2.05) is 12.1 Å². The molecule has 1 N–H and O–H groups in total. The Balaban J connectivity index is 1.72. The van der Waals surface area contributed by atoms with Crippen molar-refractivity contribution in [2.24, 2.45) is 0 Å². The SMILES string of the molecule is COC(=O)c1c(C=O)cccc1Nc1ccc(OCCN2CCCCC2)cc1OC. The lowest BCUT2D eigenvalue weighted by atomic mass is 10.1. The van der Waals surface area contributed by atoms with Crippen LogP contribution in [0.5, 0.6) is 11.5 Å². The molecule has 0 saturated carbocycles. The molecule has 160 valence electrons. The largest absolute Gasteiger partial charge is 0.494 e. The Morgan fingerprint density at radius 1 is 1.10 bits per heavy atom. The Bertz CT molecular complexity index is 878. The van der Waals surface area contributed by atoms with E-state index in [0.29, 0.717) is 35.8 Å². The molecule has 0 spiro atoms. The lowest BCUT2D eigenvalue weighted by molar-refractivity contribution is 0.0599. The smallest absolute Gasteiger partial charge is 0.340 e. The number of hydrogen-bond acceptors (Lipinski definition) is 7. The number of hydrogen-bond donors (Lipinski definition) is 1. The monoisotopic (exact) mass is 412 g/mol. The Morgan fingerprint density at radius 3 is 2.60 bits per heavy atom. The first-order valence-corrected chi connectivity index (χ1v) is 10.1. The average molecular weight is 412 g/mol. The predicted octanol–water partition coefficient (Wildman–Crippen LogP) is 3.90. The third-order valence-corrected chi connectivity index (χ3v) is 5.18. The predicted molar refractivity (Wildman–Crippen MR) is 115 cm³/mol. The maximum atomic E-state index is 12.2. The van der Waals surface area contributed by atoms with Gasteiger partial charge in [0.1, 0.15) is 18.1 Å². The Hall–Kier alpha value is -3.06. The van der Waals surface area contributed by atoms with Crippen molar-refractivity contribution >= 4 is 23.6 Å². The van der Waals surface area contributed by atoms with E-state index in [0.717, 1.165) is 19.6 Å². The number of nitrogens with zero attached hydrogens (tertiary/aromatic N) is 1. The summed E-state index contributed by atoms with van der Waals surface area (Å²) in [6, 6.07) is 10.5. The number of anilines is 2. The third kappa shape index (κ3) is 5.30. The van der Waals surface area contributed by atoms with Crippen LogP contribution >= 0.6 is 0 Å². The van der Waals surface area contributed by atoms with Crippen LogP contribution in [0.25, 0.3) is 0 Å². The van der Waals surface area contributed by atoms with Crippen molar-refractivity contribution in [3.05, 3.63) is 47.5 Å². The molecule has 30 heavy (non-hydrogen) atoms. The minimum absolute atomic E-state index is 0.180. The summed E-state index contributed by atoms with van der Waals surface area (Å²) in [6.45, 7) is 3.79. The number of aldehydes is 1. The first-order chi connectivity index (χ1) is 14.7. The van der Waals surface area contributed by atoms with Crippen molar-refractivity contribution in [1.82, 2.24) is 4.90 Å². The molecule has 7 nitrogen and oxygen atoms in total. The van der Waals surface area contributed by atoms with E-state index in [-0.39, 0.29) is 11.1 Å². The number of carbonyl (C=O) groups excluding carboxylic acids is 2. The molecular formula is C23H28N2O5. The number of piperidine rings is 1. The Morgan fingerprint density at radius 2 is 1.90 bits per heavy atom. The van der Waals surface area contributed by atoms with Gasteiger partial charge in [-0.15, -0.1) is 0 Å². The van der Waals surface area contributed by atoms with E-state index in [9.17, 15) is 9.59 Å². The van der Waals surface area contributed by atoms with Gasteiger partial charge in [0.2, 0.25) is 0 Å². The molecule has 7 heteroatoms. The van der Waals surface area contributed by atoms with Crippen molar-refractivity contribution in [2.45, 2.75) is 19.3 Å². The minimum atomic E-state index is -0.586. The summed E-state index contributed by atoms with van der Waals surface area (Å²) in [6.07, 6.45) is 4.46. The second-order valence-electron chi connectivity index (χ2n) is 7.12. The number of benzene rings is 2. The van der Waals surface area contributed by atoms with Gasteiger partial charge in [0.05, 0.1) is 31.2 Å². The summed E-state index contributed by atoms with van der Waals surface area (Å²) in [5.41, 5.74) is 1.54. The second-order valence-corrected chi connectivity index (χ2v) is 7.12. The van der Waals surface area contributed by atoms with Crippen LogP contribution in [0, 0.1) is 0 Å². The van der Waals surface area contributed by atoms with E-state index in [1.54, 1.807) is 31.4 Å². The highest BCUT2D eigenvalue weighted by Gasteiger charge is 2.18. The summed E-state index contributed by atoms with van der Waals surface area (Å²) in [4.78, 5) is 26.0. The number of methoxy groups -OCH3 is 2. The van der Waals surface area contributed by atoms with Crippen molar-refractivity contribution < 1.29 is 23.8 Å². The number of ether oxygens (including phenoxy) is 3. The van der Waals surface area contributed by atoms with Crippen LogP contribution in [-0.4, -0.2) is 57.6 Å². The molecule has 2 aromatic carbocycles. The first kappa shape index (κ1) is 21.6. The maximum absolute atomic E-state index is 12.2. The second kappa shape index (κ2) is 10.6. The normalized spacial score (nSPS) is 14.1. The van der Waals surface area contributed by atoms with Crippen LogP contribution in [-0.2, 0) is 4.74 Å². The van der Waals surface area contributed by atoms with Gasteiger partial charge >= 0.3 is 5.97 Å². The highest BCUT2D eigenvalue weighted by atomic mass is 16.5. The number of likely N-dealkylation sites (tertiary alicyclic amines) is 1. The highest BCUT2D eigenvalue weighted by molar-refractivity contribution is 6.04. The summed E-state index contributed by atoms with van der Waals surface area (Å²) in [5, 5.41) is 3.17. The zero-order chi connectivity index (χ0) is 21.3. The molecule has 0 aromatic heterocycles. The van der Waals surface area contributed by atoms with Gasteiger partial charge in [-0.2, -0.15) is 0 Å². The van der Waals surface area contributed by atoms with Gasteiger partial charge in [0.15, 0.2) is 6.29 Å².